The monoisotopic (exact) mass is 457 g/mol. The molecule has 3 rings (SSSR count). The largest absolute Gasteiger partial charge is 0.488 e. The third-order valence-corrected chi connectivity index (χ3v) is 5.15. The second-order valence-corrected chi connectivity index (χ2v) is 7.48. The summed E-state index contributed by atoms with van der Waals surface area (Å²) >= 11 is 15.5. The minimum Gasteiger partial charge on any atom is -0.488 e. The van der Waals surface area contributed by atoms with Crippen LogP contribution < -0.4 is 4.74 Å². The Labute approximate surface area is 176 Å². The number of nitrogens with zero attached hydrogens (tertiary/aromatic N) is 1. The maximum atomic E-state index is 9.59. The molecule has 27 heavy (non-hydrogen) atoms. The Morgan fingerprint density at radius 1 is 1.00 bits per heavy atom. The van der Waals surface area contributed by atoms with Gasteiger partial charge in [0.2, 0.25) is 0 Å². The van der Waals surface area contributed by atoms with Gasteiger partial charge >= 0.3 is 0 Å². The Bertz CT molecular complexity index is 1020. The van der Waals surface area contributed by atoms with Crippen LogP contribution in [0.1, 0.15) is 16.7 Å². The minimum atomic E-state index is 0.412. The van der Waals surface area contributed by atoms with E-state index in [4.69, 9.17) is 27.9 Å². The highest BCUT2D eigenvalue weighted by atomic mass is 79.9. The zero-order valence-electron chi connectivity index (χ0n) is 14.1. The summed E-state index contributed by atoms with van der Waals surface area (Å²) in [5, 5.41) is 10.5. The van der Waals surface area contributed by atoms with Gasteiger partial charge < -0.3 is 4.74 Å². The Kier molecular flexibility index (Phi) is 6.58. The Morgan fingerprint density at radius 2 is 1.74 bits per heavy atom. The molecule has 0 saturated carbocycles. The van der Waals surface area contributed by atoms with Crippen molar-refractivity contribution in [3.05, 3.63) is 97.9 Å². The van der Waals surface area contributed by atoms with Gasteiger partial charge in [-0.25, -0.2) is 0 Å². The molecular weight excluding hydrogens is 445 g/mol. The molecule has 0 fully saturated rings. The second kappa shape index (κ2) is 9.10. The van der Waals surface area contributed by atoms with Crippen molar-refractivity contribution in [2.24, 2.45) is 0 Å². The lowest BCUT2D eigenvalue weighted by atomic mass is 10.0. The lowest BCUT2D eigenvalue weighted by Gasteiger charge is -2.10. The first-order chi connectivity index (χ1) is 13.1. The standard InChI is InChI=1S/C22H14BrCl2NO/c23-19-8-5-15(6-9-19)14-27-22-4-2-1-3-17(22)11-18(13-26)16-7-10-20(24)21(25)12-16/h1-12H,14H2/b18-11-. The van der Waals surface area contributed by atoms with Crippen molar-refractivity contribution >= 4 is 50.8 Å². The molecule has 0 unspecified atom stereocenters. The van der Waals surface area contributed by atoms with Crippen LogP contribution in [-0.4, -0.2) is 0 Å². The molecule has 2 nitrogen and oxygen atoms in total. The van der Waals surface area contributed by atoms with Gasteiger partial charge in [0.05, 0.1) is 21.7 Å². The Balaban J connectivity index is 1.87. The number of benzene rings is 3. The third-order valence-electron chi connectivity index (χ3n) is 3.88. The van der Waals surface area contributed by atoms with E-state index in [1.165, 1.54) is 0 Å². The van der Waals surface area contributed by atoms with Crippen molar-refractivity contribution < 1.29 is 4.74 Å². The number of hydrogen-bond acceptors (Lipinski definition) is 2. The smallest absolute Gasteiger partial charge is 0.127 e. The van der Waals surface area contributed by atoms with E-state index in [1.54, 1.807) is 24.3 Å². The maximum Gasteiger partial charge on any atom is 0.127 e. The molecule has 0 aromatic heterocycles. The van der Waals surface area contributed by atoms with Gasteiger partial charge in [0.15, 0.2) is 0 Å². The van der Waals surface area contributed by atoms with Crippen LogP contribution in [0.2, 0.25) is 10.0 Å². The van der Waals surface area contributed by atoms with Crippen molar-refractivity contribution in [2.45, 2.75) is 6.61 Å². The fraction of sp³-hybridized carbons (Fsp3) is 0.0455. The highest BCUT2D eigenvalue weighted by Crippen LogP contribution is 2.29. The number of hydrogen-bond donors (Lipinski definition) is 0. The van der Waals surface area contributed by atoms with Crippen LogP contribution in [-0.2, 0) is 6.61 Å². The summed E-state index contributed by atoms with van der Waals surface area (Å²) in [6.45, 7) is 0.437. The zero-order chi connectivity index (χ0) is 19.2. The molecule has 0 aliphatic carbocycles. The number of para-hydroxylation sites is 1. The van der Waals surface area contributed by atoms with Gasteiger partial charge in [-0.1, -0.05) is 75.5 Å². The average Bonchev–Trinajstić information content (AvgIpc) is 2.68. The molecule has 0 bridgehead atoms. The first-order valence-electron chi connectivity index (χ1n) is 8.10. The number of halogens is 3. The van der Waals surface area contributed by atoms with Crippen LogP contribution >= 0.6 is 39.1 Å². The van der Waals surface area contributed by atoms with Crippen LogP contribution in [0.3, 0.4) is 0 Å². The Morgan fingerprint density at radius 3 is 2.44 bits per heavy atom. The van der Waals surface area contributed by atoms with Crippen molar-refractivity contribution in [1.29, 1.82) is 5.26 Å². The number of allylic oxidation sites excluding steroid dienone is 1. The first-order valence-corrected chi connectivity index (χ1v) is 9.65. The van der Waals surface area contributed by atoms with E-state index in [-0.39, 0.29) is 0 Å². The van der Waals surface area contributed by atoms with Gasteiger partial charge in [-0.2, -0.15) is 5.26 Å². The molecule has 0 N–H and O–H groups in total. The highest BCUT2D eigenvalue weighted by Gasteiger charge is 2.08. The van der Waals surface area contributed by atoms with E-state index in [1.807, 2.05) is 48.5 Å². The molecule has 0 saturated heterocycles. The summed E-state index contributed by atoms with van der Waals surface area (Å²) in [6, 6.07) is 22.9. The molecule has 0 radical (unpaired) electrons. The van der Waals surface area contributed by atoms with E-state index in [2.05, 4.69) is 22.0 Å². The molecule has 3 aromatic rings. The molecular formula is C22H14BrCl2NO. The normalized spacial score (nSPS) is 11.1. The average molecular weight is 459 g/mol. The third kappa shape index (κ3) is 5.14. The molecule has 0 heterocycles. The number of ether oxygens (including phenoxy) is 1. The van der Waals surface area contributed by atoms with E-state index >= 15 is 0 Å². The summed E-state index contributed by atoms with van der Waals surface area (Å²) in [6.07, 6.45) is 1.79. The van der Waals surface area contributed by atoms with Crippen molar-refractivity contribution in [3.63, 3.8) is 0 Å². The lowest BCUT2D eigenvalue weighted by molar-refractivity contribution is 0.305. The molecule has 5 heteroatoms. The second-order valence-electron chi connectivity index (χ2n) is 5.75. The van der Waals surface area contributed by atoms with E-state index in [0.29, 0.717) is 33.5 Å². The topological polar surface area (TPSA) is 33.0 Å². The van der Waals surface area contributed by atoms with E-state index < -0.39 is 0 Å². The summed E-state index contributed by atoms with van der Waals surface area (Å²) in [5.74, 6) is 0.702. The van der Waals surface area contributed by atoms with Gasteiger partial charge in [0, 0.05) is 10.0 Å². The van der Waals surface area contributed by atoms with Gasteiger partial charge in [-0.3, -0.25) is 0 Å². The predicted octanol–water partition coefficient (Wildman–Crippen LogP) is 7.40. The maximum absolute atomic E-state index is 9.59. The predicted molar refractivity (Wildman–Crippen MR) is 115 cm³/mol. The van der Waals surface area contributed by atoms with Crippen LogP contribution in [0, 0.1) is 11.3 Å². The lowest BCUT2D eigenvalue weighted by Crippen LogP contribution is -1.97. The number of nitriles is 1. The quantitative estimate of drug-likeness (QED) is 0.294. The van der Waals surface area contributed by atoms with Gasteiger partial charge in [-0.15, -0.1) is 0 Å². The highest BCUT2D eigenvalue weighted by molar-refractivity contribution is 9.10. The summed E-state index contributed by atoms with van der Waals surface area (Å²) < 4.78 is 6.99. The van der Waals surface area contributed by atoms with E-state index in [0.717, 1.165) is 15.6 Å². The number of rotatable bonds is 5. The molecule has 0 spiro atoms. The van der Waals surface area contributed by atoms with Crippen molar-refractivity contribution in [2.75, 3.05) is 0 Å². The molecule has 3 aromatic carbocycles. The first kappa shape index (κ1) is 19.5. The van der Waals surface area contributed by atoms with Crippen LogP contribution in [0.25, 0.3) is 11.6 Å². The van der Waals surface area contributed by atoms with Gasteiger partial charge in [0.1, 0.15) is 12.4 Å². The summed E-state index contributed by atoms with van der Waals surface area (Å²) in [5.41, 5.74) is 3.06. The van der Waals surface area contributed by atoms with Crippen molar-refractivity contribution in [3.8, 4) is 11.8 Å². The fourth-order valence-electron chi connectivity index (χ4n) is 2.47. The SMILES string of the molecule is N#C/C(=C/c1ccccc1OCc1ccc(Br)cc1)c1ccc(Cl)c(Cl)c1. The van der Waals surface area contributed by atoms with E-state index in [9.17, 15) is 5.26 Å². The van der Waals surface area contributed by atoms with Gasteiger partial charge in [0.25, 0.3) is 0 Å². The molecule has 0 aliphatic heterocycles. The van der Waals surface area contributed by atoms with Crippen LogP contribution in [0.4, 0.5) is 0 Å². The van der Waals surface area contributed by atoms with Crippen LogP contribution in [0.5, 0.6) is 5.75 Å². The minimum absolute atomic E-state index is 0.412. The fourth-order valence-corrected chi connectivity index (χ4v) is 3.03. The van der Waals surface area contributed by atoms with Crippen LogP contribution in [0.15, 0.2) is 71.2 Å². The summed E-state index contributed by atoms with van der Waals surface area (Å²) in [4.78, 5) is 0. The molecule has 0 amide bonds. The zero-order valence-corrected chi connectivity index (χ0v) is 17.2. The van der Waals surface area contributed by atoms with Gasteiger partial charge in [-0.05, 0) is 47.5 Å². The summed E-state index contributed by atoms with van der Waals surface area (Å²) in [7, 11) is 0. The molecule has 134 valence electrons. The molecule has 0 atom stereocenters. The Hall–Kier alpha value is -2.25. The molecule has 0 aliphatic rings. The van der Waals surface area contributed by atoms with Crippen molar-refractivity contribution in [1.82, 2.24) is 0 Å².